The van der Waals surface area contributed by atoms with E-state index in [-0.39, 0.29) is 99.6 Å². The molecule has 23 nitrogen and oxygen atoms in total. The molecule has 9 saturated heterocycles. The van der Waals surface area contributed by atoms with E-state index >= 15 is 0 Å². The molecule has 2 spiro atoms. The summed E-state index contributed by atoms with van der Waals surface area (Å²) in [5.74, 6) is -2.49. The number of methoxy groups -OCH3 is 1. The first-order chi connectivity index (χ1) is 38.9. The van der Waals surface area contributed by atoms with Crippen LogP contribution in [0.4, 0.5) is 15.3 Å². The Labute approximate surface area is 472 Å². The summed E-state index contributed by atoms with van der Waals surface area (Å²) in [4.78, 5) is 70.6. The van der Waals surface area contributed by atoms with Crippen molar-refractivity contribution in [3.8, 4) is 0 Å². The fraction of sp³-hybridized carbons (Fsp3) is 0.759. The standard InChI is InChI=1S/C58H83N7O16/c1-28(2)46(59)54(69)64-39(7-6-18-61-55(60)70)53(68)63-32-10-8-31(9-11-32)27-73-56(71)62-26-34(67)23-43-48(72-5)38-22-33(66)21-37-13-15-45-58(79-37)52-51-50(78-45)49-44(77-51)25-57(80-49,81-52)17-16-36-19-29(3)40(74-36)14-12-35-20-30(4)47(65-58)42(75-35)24-41(38)76-43/h8-11,28,30,34-46,48-52,67H,3,6-7,12-27,59H2,1-2,4-5H3,(H,62,71)(H,63,68)(H,64,69)(H3,60,61,70)/t30-,34+,35+,36+,37-,38+,39+,40+,41+,42-,43-,44-,45+,46+,48-,49+,50?,51?,52-,57+,58+/m1/s1. The van der Waals surface area contributed by atoms with Gasteiger partial charge in [0.05, 0.1) is 67.1 Å². The lowest BCUT2D eigenvalue weighted by molar-refractivity contribution is -0.330. The quantitative estimate of drug-likeness (QED) is 0.0920. The molecule has 0 aromatic heterocycles. The van der Waals surface area contributed by atoms with Crippen LogP contribution in [0.2, 0.25) is 0 Å². The summed E-state index contributed by atoms with van der Waals surface area (Å²) in [7, 11) is 1.59. The number of carbonyl (C=O) groups is 5. The summed E-state index contributed by atoms with van der Waals surface area (Å²) >= 11 is 0. The number of benzene rings is 1. The number of amides is 5. The van der Waals surface area contributed by atoms with Crippen molar-refractivity contribution >= 4 is 41.1 Å². The Morgan fingerprint density at radius 1 is 0.864 bits per heavy atom. The Morgan fingerprint density at radius 3 is 2.43 bits per heavy atom. The third-order valence-corrected chi connectivity index (χ3v) is 18.6. The van der Waals surface area contributed by atoms with Gasteiger partial charge in [-0.3, -0.25) is 19.4 Å². The normalized spacial score (nSPS) is 39.5. The molecule has 9 fully saturated rings. The largest absolute Gasteiger partial charge is 0.445 e. The molecule has 0 aliphatic carbocycles. The minimum atomic E-state index is -1.34. The molecular formula is C58H83N7O16. The molecule has 2 unspecified atom stereocenters. The summed E-state index contributed by atoms with van der Waals surface area (Å²) in [5, 5.41) is 22.1. The number of urea groups is 1. The summed E-state index contributed by atoms with van der Waals surface area (Å²) in [6, 6.07) is 4.17. The molecule has 13 bridgehead atoms. The number of aliphatic hydroxyl groups is 1. The zero-order chi connectivity index (χ0) is 56.9. The number of aliphatic hydroxyl groups excluding tert-OH is 1. The second-order valence-electron chi connectivity index (χ2n) is 24.7. The van der Waals surface area contributed by atoms with E-state index in [1.807, 2.05) is 0 Å². The van der Waals surface area contributed by atoms with Gasteiger partial charge in [-0.15, -0.1) is 0 Å². The number of hydrogen-bond donors (Lipinski definition) is 7. The molecule has 23 heteroatoms. The van der Waals surface area contributed by atoms with Crippen LogP contribution in [0.5, 0.6) is 0 Å². The highest BCUT2D eigenvalue weighted by Gasteiger charge is 2.73. The number of primary amides is 1. The monoisotopic (exact) mass is 1130 g/mol. The van der Waals surface area contributed by atoms with Gasteiger partial charge >= 0.3 is 12.1 Å². The van der Waals surface area contributed by atoms with Crippen LogP contribution >= 0.6 is 0 Å². The third-order valence-electron chi connectivity index (χ3n) is 18.6. The highest BCUT2D eigenvalue weighted by molar-refractivity contribution is 5.98. The van der Waals surface area contributed by atoms with E-state index in [1.54, 1.807) is 45.2 Å². The number of nitrogens with two attached hydrogens (primary N) is 2. The van der Waals surface area contributed by atoms with Crippen molar-refractivity contribution < 1.29 is 76.4 Å². The fourth-order valence-electron chi connectivity index (χ4n) is 14.5. The van der Waals surface area contributed by atoms with Crippen molar-refractivity contribution in [3.63, 3.8) is 0 Å². The molecule has 12 aliphatic rings. The number of carbonyl (C=O) groups excluding carboxylic acids is 5. The van der Waals surface area contributed by atoms with Crippen LogP contribution in [-0.2, 0) is 68.4 Å². The highest BCUT2D eigenvalue weighted by atomic mass is 16.8. The molecule has 0 radical (unpaired) electrons. The van der Waals surface area contributed by atoms with Gasteiger partial charge in [-0.1, -0.05) is 39.5 Å². The second-order valence-corrected chi connectivity index (χ2v) is 24.7. The first-order valence-electron chi connectivity index (χ1n) is 29.6. The molecule has 21 atom stereocenters. The molecule has 13 rings (SSSR count). The van der Waals surface area contributed by atoms with Crippen molar-refractivity contribution in [2.75, 3.05) is 25.5 Å². The number of hydrogen-bond acceptors (Lipinski definition) is 18. The minimum Gasteiger partial charge on any atom is -0.445 e. The predicted octanol–water partition coefficient (Wildman–Crippen LogP) is 3.49. The Bertz CT molecular complexity index is 2540. The van der Waals surface area contributed by atoms with Crippen LogP contribution in [0.1, 0.15) is 123 Å². The van der Waals surface area contributed by atoms with E-state index in [2.05, 4.69) is 34.8 Å². The van der Waals surface area contributed by atoms with Crippen LogP contribution < -0.4 is 32.7 Å². The Balaban J connectivity index is 0.754. The summed E-state index contributed by atoms with van der Waals surface area (Å²) in [6.45, 7) is 10.2. The van der Waals surface area contributed by atoms with Gasteiger partial charge in [-0.05, 0) is 92.9 Å². The molecule has 1 aromatic rings. The highest BCUT2D eigenvalue weighted by Crippen LogP contribution is 2.58. The number of fused-ring (bicyclic) bond motifs is 5. The number of ether oxygens (including phenoxy) is 10. The lowest BCUT2D eigenvalue weighted by atomic mass is 9.79. The Kier molecular flexibility index (Phi) is 17.3. The van der Waals surface area contributed by atoms with Gasteiger partial charge < -0.3 is 85.2 Å². The molecule has 12 aliphatic heterocycles. The Morgan fingerprint density at radius 2 is 1.65 bits per heavy atom. The number of nitrogens with one attached hydrogen (secondary N) is 4. The number of Topliss-reactive ketones (excluding diaryl/α,β-unsaturated/α-hetero) is 1. The molecule has 446 valence electrons. The zero-order valence-electron chi connectivity index (χ0n) is 47.0. The van der Waals surface area contributed by atoms with Gasteiger partial charge in [0.25, 0.3) is 0 Å². The second kappa shape index (κ2) is 24.1. The van der Waals surface area contributed by atoms with E-state index in [1.165, 1.54) is 0 Å². The third kappa shape index (κ3) is 12.3. The van der Waals surface area contributed by atoms with Crippen LogP contribution in [0.15, 0.2) is 41.4 Å². The average molecular weight is 1130 g/mol. The summed E-state index contributed by atoms with van der Waals surface area (Å²) < 4.78 is 68.0. The van der Waals surface area contributed by atoms with E-state index < -0.39 is 108 Å². The molecule has 5 amide bonds. The van der Waals surface area contributed by atoms with Crippen LogP contribution in [0.3, 0.4) is 0 Å². The van der Waals surface area contributed by atoms with E-state index in [0.717, 1.165) is 43.4 Å². The smallest absolute Gasteiger partial charge is 0.407 e. The van der Waals surface area contributed by atoms with Gasteiger partial charge in [-0.25, -0.2) is 9.59 Å². The lowest BCUT2D eigenvalue weighted by Crippen LogP contribution is -2.70. The van der Waals surface area contributed by atoms with Crippen molar-refractivity contribution in [3.05, 3.63) is 42.0 Å². The summed E-state index contributed by atoms with van der Waals surface area (Å²) in [5.41, 5.74) is 12.8. The maximum absolute atomic E-state index is 14.5. The fourth-order valence-corrected chi connectivity index (χ4v) is 14.5. The predicted molar refractivity (Wildman–Crippen MR) is 289 cm³/mol. The molecular weight excluding hydrogens is 1050 g/mol. The Hall–Kier alpha value is -4.66. The number of anilines is 1. The molecule has 0 saturated carbocycles. The summed E-state index contributed by atoms with van der Waals surface area (Å²) in [6.07, 6.45) is 0.122. The van der Waals surface area contributed by atoms with Crippen molar-refractivity contribution in [2.24, 2.45) is 34.2 Å². The van der Waals surface area contributed by atoms with Crippen molar-refractivity contribution in [1.29, 1.82) is 0 Å². The zero-order valence-corrected chi connectivity index (χ0v) is 47.0. The van der Waals surface area contributed by atoms with E-state index in [4.69, 9.17) is 63.8 Å². The topological polar surface area (TPSA) is 310 Å². The first kappa shape index (κ1) is 58.1. The van der Waals surface area contributed by atoms with Crippen LogP contribution in [0.25, 0.3) is 0 Å². The maximum atomic E-state index is 14.5. The number of nitrogens with zero attached hydrogens (tertiary/aromatic N) is 1. The number of alkyl carbamates (subject to hydrolysis) is 1. The van der Waals surface area contributed by atoms with Gasteiger partial charge in [0.2, 0.25) is 17.5 Å². The molecule has 9 N–H and O–H groups in total. The van der Waals surface area contributed by atoms with Crippen LogP contribution in [-0.4, -0.2) is 176 Å². The van der Waals surface area contributed by atoms with Gasteiger partial charge in [0.15, 0.2) is 5.79 Å². The minimum absolute atomic E-state index is 0.00166. The first-order valence-corrected chi connectivity index (χ1v) is 29.6. The van der Waals surface area contributed by atoms with E-state index in [0.29, 0.717) is 49.8 Å². The SMILES string of the molecule is C=C1C[C@@H]2CC[C@@]34C[C@H]5OC6C(O[C@H]7CC[C@@H]8CC(=O)C[C@@H]9[C@@H](OC)[C@@H](C[C@H](O)CNC(=O)OCc%10ccc(NC(=O)[C@H](CCCNC(N)=O)NC(=O)[C@@H](N)C(C)C)cc%10)O[C@H]9C[C@H]9O[C@@H](CC[C@@H]1O2)C[C@@H](C)C9=N[C@@]7(O8)[C@@H]6O3)[C@H]5O4. The molecule has 12 heterocycles. The van der Waals surface area contributed by atoms with Gasteiger partial charge in [0.1, 0.15) is 49.0 Å². The van der Waals surface area contributed by atoms with Crippen molar-refractivity contribution in [2.45, 2.75) is 239 Å². The van der Waals surface area contributed by atoms with Gasteiger partial charge in [0, 0.05) is 76.0 Å². The number of aliphatic imine (C=N–C) groups is 1. The lowest BCUT2D eigenvalue weighted by Gasteiger charge is -2.54. The van der Waals surface area contributed by atoms with Crippen LogP contribution in [0, 0.1) is 17.8 Å². The molecule has 1 aromatic carbocycles. The number of ketones is 1. The van der Waals surface area contributed by atoms with E-state index in [9.17, 15) is 29.1 Å². The number of rotatable bonds is 16. The average Bonchev–Trinajstić information content (AvgIpc) is 3.61. The molecule has 81 heavy (non-hydrogen) atoms. The van der Waals surface area contributed by atoms with Crippen molar-refractivity contribution in [1.82, 2.24) is 16.0 Å². The van der Waals surface area contributed by atoms with Gasteiger partial charge in [-0.2, -0.15) is 0 Å². The maximum Gasteiger partial charge on any atom is 0.407 e.